The van der Waals surface area contributed by atoms with Gasteiger partial charge in [-0.25, -0.2) is 17.8 Å². The normalized spacial score (nSPS) is 11.6. The van der Waals surface area contributed by atoms with E-state index in [1.54, 1.807) is 22.9 Å². The molecule has 3 heterocycles. The van der Waals surface area contributed by atoms with E-state index >= 15 is 0 Å². The molecule has 0 radical (unpaired) electrons. The van der Waals surface area contributed by atoms with E-state index in [4.69, 9.17) is 0 Å². The number of nitrogens with zero attached hydrogens (tertiary/aromatic N) is 4. The Morgan fingerprint density at radius 3 is 2.58 bits per heavy atom. The van der Waals surface area contributed by atoms with Crippen LogP contribution >= 0.6 is 11.3 Å². The standard InChI is InChI=1S/C16H20N6O2S2/c1-3-13-4-7-16(25-13)26(23,24)18-10-9-17-14-5-6-15(20-19-14)22-11-8-12(2)21-22/h4-8,11,18H,3,9-10H2,1-2H3,(H,17,19). The minimum absolute atomic E-state index is 0.253. The van der Waals surface area contributed by atoms with E-state index in [1.165, 1.54) is 11.3 Å². The zero-order chi connectivity index (χ0) is 18.6. The molecule has 2 N–H and O–H groups in total. The monoisotopic (exact) mass is 392 g/mol. The zero-order valence-corrected chi connectivity index (χ0v) is 16.1. The van der Waals surface area contributed by atoms with Gasteiger partial charge in [-0.05, 0) is 43.7 Å². The number of thiophene rings is 1. The van der Waals surface area contributed by atoms with E-state index < -0.39 is 10.0 Å². The third-order valence-electron chi connectivity index (χ3n) is 3.58. The van der Waals surface area contributed by atoms with Crippen LogP contribution < -0.4 is 10.0 Å². The van der Waals surface area contributed by atoms with E-state index in [-0.39, 0.29) is 6.54 Å². The number of nitrogens with one attached hydrogen (secondary N) is 2. The molecule has 0 spiro atoms. The van der Waals surface area contributed by atoms with Crippen molar-refractivity contribution in [1.29, 1.82) is 0 Å². The highest BCUT2D eigenvalue weighted by Gasteiger charge is 2.15. The minimum atomic E-state index is -3.46. The predicted molar refractivity (Wildman–Crippen MR) is 101 cm³/mol. The zero-order valence-electron chi connectivity index (χ0n) is 14.5. The molecule has 0 aliphatic rings. The van der Waals surface area contributed by atoms with Crippen LogP contribution in [0.25, 0.3) is 5.82 Å². The molecule has 0 unspecified atom stereocenters. The van der Waals surface area contributed by atoms with Crippen LogP contribution in [0.3, 0.4) is 0 Å². The molecule has 0 bridgehead atoms. The second-order valence-electron chi connectivity index (χ2n) is 5.58. The van der Waals surface area contributed by atoms with Gasteiger partial charge in [-0.1, -0.05) is 6.92 Å². The first-order valence-electron chi connectivity index (χ1n) is 8.16. The van der Waals surface area contributed by atoms with Gasteiger partial charge in [0.05, 0.1) is 5.69 Å². The van der Waals surface area contributed by atoms with Gasteiger partial charge in [0.25, 0.3) is 0 Å². The van der Waals surface area contributed by atoms with E-state index in [2.05, 4.69) is 25.3 Å². The quantitative estimate of drug-likeness (QED) is 0.569. The number of anilines is 1. The molecule has 0 aliphatic heterocycles. The molecule has 138 valence electrons. The van der Waals surface area contributed by atoms with Gasteiger partial charge in [0, 0.05) is 24.2 Å². The first-order chi connectivity index (χ1) is 12.5. The Morgan fingerprint density at radius 1 is 1.12 bits per heavy atom. The highest BCUT2D eigenvalue weighted by Crippen LogP contribution is 2.21. The van der Waals surface area contributed by atoms with Gasteiger partial charge in [-0.2, -0.15) is 5.10 Å². The van der Waals surface area contributed by atoms with Crippen molar-refractivity contribution in [2.24, 2.45) is 0 Å². The number of aryl methyl sites for hydroxylation is 2. The van der Waals surface area contributed by atoms with Gasteiger partial charge >= 0.3 is 0 Å². The molecular weight excluding hydrogens is 372 g/mol. The number of hydrogen-bond acceptors (Lipinski definition) is 7. The van der Waals surface area contributed by atoms with Crippen LogP contribution in [0.1, 0.15) is 17.5 Å². The highest BCUT2D eigenvalue weighted by molar-refractivity contribution is 7.91. The second-order valence-corrected chi connectivity index (χ2v) is 8.74. The fourth-order valence-corrected chi connectivity index (χ4v) is 4.60. The SMILES string of the molecule is CCc1ccc(S(=O)(=O)NCCNc2ccc(-n3ccc(C)n3)nn2)s1. The molecule has 0 saturated heterocycles. The molecule has 26 heavy (non-hydrogen) atoms. The first kappa shape index (κ1) is 18.5. The van der Waals surface area contributed by atoms with Crippen LogP contribution in [0.15, 0.2) is 40.7 Å². The van der Waals surface area contributed by atoms with E-state index in [9.17, 15) is 8.42 Å². The molecule has 3 aromatic heterocycles. The van der Waals surface area contributed by atoms with Gasteiger partial charge in [-0.15, -0.1) is 21.5 Å². The van der Waals surface area contributed by atoms with Crippen LogP contribution in [0.5, 0.6) is 0 Å². The molecule has 0 fully saturated rings. The van der Waals surface area contributed by atoms with Crippen LogP contribution in [-0.4, -0.2) is 41.5 Å². The van der Waals surface area contributed by atoms with E-state index in [0.29, 0.717) is 22.4 Å². The van der Waals surface area contributed by atoms with Gasteiger partial charge in [0.2, 0.25) is 10.0 Å². The lowest BCUT2D eigenvalue weighted by Crippen LogP contribution is -2.28. The van der Waals surface area contributed by atoms with Crippen molar-refractivity contribution >= 4 is 27.2 Å². The lowest BCUT2D eigenvalue weighted by Gasteiger charge is -2.07. The summed E-state index contributed by atoms with van der Waals surface area (Å²) in [5.74, 6) is 1.19. The van der Waals surface area contributed by atoms with E-state index in [1.807, 2.05) is 32.2 Å². The first-order valence-corrected chi connectivity index (χ1v) is 10.5. The smallest absolute Gasteiger partial charge is 0.250 e. The Morgan fingerprint density at radius 2 is 1.96 bits per heavy atom. The topological polar surface area (TPSA) is 102 Å². The average molecular weight is 393 g/mol. The summed E-state index contributed by atoms with van der Waals surface area (Å²) >= 11 is 1.29. The maximum absolute atomic E-state index is 12.2. The summed E-state index contributed by atoms with van der Waals surface area (Å²) in [5, 5.41) is 15.5. The summed E-state index contributed by atoms with van der Waals surface area (Å²) < 4.78 is 29.0. The second kappa shape index (κ2) is 7.94. The fourth-order valence-electron chi connectivity index (χ4n) is 2.22. The van der Waals surface area contributed by atoms with Gasteiger partial charge in [-0.3, -0.25) is 0 Å². The molecule has 0 aromatic carbocycles. The minimum Gasteiger partial charge on any atom is -0.367 e. The fraction of sp³-hybridized carbons (Fsp3) is 0.312. The molecule has 0 amide bonds. The maximum atomic E-state index is 12.2. The number of sulfonamides is 1. The Bertz CT molecular complexity index is 963. The molecule has 3 aromatic rings. The predicted octanol–water partition coefficient (Wildman–Crippen LogP) is 1.99. The number of hydrogen-bond donors (Lipinski definition) is 2. The van der Waals surface area contributed by atoms with Crippen molar-refractivity contribution in [3.63, 3.8) is 0 Å². The molecule has 10 heteroatoms. The molecule has 0 saturated carbocycles. The summed E-state index contributed by atoms with van der Waals surface area (Å²) in [6.45, 7) is 4.56. The molecule has 3 rings (SSSR count). The van der Waals surface area contributed by atoms with Crippen molar-refractivity contribution in [2.45, 2.75) is 24.5 Å². The lowest BCUT2D eigenvalue weighted by molar-refractivity contribution is 0.585. The summed E-state index contributed by atoms with van der Waals surface area (Å²) in [4.78, 5) is 1.05. The Kier molecular flexibility index (Phi) is 5.64. The Balaban J connectivity index is 1.50. The van der Waals surface area contributed by atoms with Crippen molar-refractivity contribution in [1.82, 2.24) is 24.7 Å². The van der Waals surface area contributed by atoms with Gasteiger partial charge < -0.3 is 5.32 Å². The molecule has 0 atom stereocenters. The van der Waals surface area contributed by atoms with Gasteiger partial charge in [0.1, 0.15) is 10.0 Å². The van der Waals surface area contributed by atoms with Crippen LogP contribution in [0.4, 0.5) is 5.82 Å². The largest absolute Gasteiger partial charge is 0.367 e. The third kappa shape index (κ3) is 4.45. The number of rotatable bonds is 8. The maximum Gasteiger partial charge on any atom is 0.250 e. The Hall–Kier alpha value is -2.30. The summed E-state index contributed by atoms with van der Waals surface area (Å²) in [6, 6.07) is 8.94. The average Bonchev–Trinajstić information content (AvgIpc) is 3.28. The lowest BCUT2D eigenvalue weighted by atomic mass is 10.4. The van der Waals surface area contributed by atoms with Crippen molar-refractivity contribution in [2.75, 3.05) is 18.4 Å². The van der Waals surface area contributed by atoms with Crippen molar-refractivity contribution < 1.29 is 8.42 Å². The summed E-state index contributed by atoms with van der Waals surface area (Å²) in [5.41, 5.74) is 0.901. The summed E-state index contributed by atoms with van der Waals surface area (Å²) in [6.07, 6.45) is 2.64. The molecule has 8 nitrogen and oxygen atoms in total. The number of aromatic nitrogens is 4. The van der Waals surface area contributed by atoms with Crippen molar-refractivity contribution in [3.05, 3.63) is 47.1 Å². The summed E-state index contributed by atoms with van der Waals surface area (Å²) in [7, 11) is -3.46. The van der Waals surface area contributed by atoms with Gasteiger partial charge in [0.15, 0.2) is 5.82 Å². The Labute approximate surface area is 156 Å². The van der Waals surface area contributed by atoms with Crippen LogP contribution in [-0.2, 0) is 16.4 Å². The van der Waals surface area contributed by atoms with Crippen LogP contribution in [0.2, 0.25) is 0 Å². The van der Waals surface area contributed by atoms with E-state index in [0.717, 1.165) is 17.0 Å². The van der Waals surface area contributed by atoms with Crippen molar-refractivity contribution in [3.8, 4) is 5.82 Å². The van der Waals surface area contributed by atoms with Crippen LogP contribution in [0, 0.1) is 6.92 Å². The molecular formula is C16H20N6O2S2. The third-order valence-corrected chi connectivity index (χ3v) is 6.76. The molecule has 0 aliphatic carbocycles. The highest BCUT2D eigenvalue weighted by atomic mass is 32.2.